The van der Waals surface area contributed by atoms with Gasteiger partial charge in [-0.05, 0) is 73.0 Å². The zero-order valence-corrected chi connectivity index (χ0v) is 49.0. The first-order chi connectivity index (χ1) is 36.7. The van der Waals surface area contributed by atoms with Crippen molar-refractivity contribution in [1.82, 2.24) is 40.4 Å². The normalized spacial score (nSPS) is 26.4. The summed E-state index contributed by atoms with van der Waals surface area (Å²) in [6, 6.07) is 8.73. The van der Waals surface area contributed by atoms with E-state index in [1.54, 1.807) is 41.5 Å². The number of carbonyl (C=O) groups is 9. The monoisotopic (exact) mass is 1080 g/mol. The van der Waals surface area contributed by atoms with Crippen LogP contribution in [0.3, 0.4) is 0 Å². The number of nitrogens with one attached hydrogen (secondary N) is 3. The van der Waals surface area contributed by atoms with Gasteiger partial charge in [0, 0.05) is 53.5 Å². The number of hydrogen-bond acceptors (Lipinski definition) is 10. The predicted octanol–water partition coefficient (Wildman–Crippen LogP) is 5.18. The highest BCUT2D eigenvalue weighted by atomic mass is 16.6. The summed E-state index contributed by atoms with van der Waals surface area (Å²) in [7, 11) is 5.83. The Kier molecular flexibility index (Phi) is 23.7. The fourth-order valence-corrected chi connectivity index (χ4v) is 10.7. The number of likely N-dealkylation sites (N-methyl/N-ethyl adjacent to an activating group) is 4. The number of cyclic esters (lactones) is 1. The second-order valence-electron chi connectivity index (χ2n) is 22.9. The van der Waals surface area contributed by atoms with Gasteiger partial charge in [0.25, 0.3) is 5.91 Å². The van der Waals surface area contributed by atoms with E-state index in [1.807, 2.05) is 95.3 Å². The summed E-state index contributed by atoms with van der Waals surface area (Å²) >= 11 is 0. The van der Waals surface area contributed by atoms with Gasteiger partial charge >= 0.3 is 5.97 Å². The van der Waals surface area contributed by atoms with Crippen molar-refractivity contribution in [2.24, 2.45) is 29.6 Å². The van der Waals surface area contributed by atoms with E-state index < -0.39 is 131 Å². The second-order valence-corrected chi connectivity index (χ2v) is 22.9. The number of nitrogens with zero attached hydrogens (tertiary/aromatic N) is 5. The molecule has 0 aromatic heterocycles. The third kappa shape index (κ3) is 15.8. The van der Waals surface area contributed by atoms with E-state index in [1.165, 1.54) is 47.8 Å². The molecular weight excluding hydrogens is 993 g/mol. The van der Waals surface area contributed by atoms with Gasteiger partial charge in [0.05, 0.1) is 0 Å². The highest BCUT2D eigenvalue weighted by molar-refractivity contribution is 5.99. The van der Waals surface area contributed by atoms with Crippen LogP contribution in [0.2, 0.25) is 0 Å². The Labute approximate surface area is 463 Å². The van der Waals surface area contributed by atoms with E-state index in [4.69, 9.17) is 4.74 Å². The topological polar surface area (TPSA) is 215 Å². The molecule has 2 aromatic carbocycles. The maximum atomic E-state index is 15.3. The van der Waals surface area contributed by atoms with Crippen LogP contribution in [0.1, 0.15) is 119 Å². The van der Waals surface area contributed by atoms with Gasteiger partial charge in [0.15, 0.2) is 12.1 Å². The summed E-state index contributed by atoms with van der Waals surface area (Å²) in [5, 5.41) is 8.85. The van der Waals surface area contributed by atoms with Gasteiger partial charge < -0.3 is 45.2 Å². The van der Waals surface area contributed by atoms with Crippen molar-refractivity contribution in [3.63, 3.8) is 0 Å². The number of esters is 1. The maximum absolute atomic E-state index is 15.3. The molecule has 78 heavy (non-hydrogen) atoms. The molecule has 2 aliphatic heterocycles. The molecule has 0 aliphatic carbocycles. The minimum absolute atomic E-state index is 0.0111. The predicted molar refractivity (Wildman–Crippen MR) is 300 cm³/mol. The molecule has 430 valence electrons. The summed E-state index contributed by atoms with van der Waals surface area (Å²) in [6.45, 7) is 23.8. The number of hydrogen-bond donors (Lipinski definition) is 3. The molecule has 4 rings (SSSR count). The maximum Gasteiger partial charge on any atom is 0.333 e. The minimum atomic E-state index is -1.44. The van der Waals surface area contributed by atoms with Crippen LogP contribution in [0, 0.1) is 29.6 Å². The van der Waals surface area contributed by atoms with Gasteiger partial charge in [0.2, 0.25) is 41.4 Å². The smallest absolute Gasteiger partial charge is 0.333 e. The van der Waals surface area contributed by atoms with Crippen molar-refractivity contribution >= 4 is 53.2 Å². The Morgan fingerprint density at radius 3 is 1.56 bits per heavy atom. The highest BCUT2D eigenvalue weighted by Gasteiger charge is 2.46. The average molecular weight is 1080 g/mol. The number of amides is 8. The summed E-state index contributed by atoms with van der Waals surface area (Å²) < 4.78 is 6.13. The molecule has 11 atom stereocenters. The molecule has 2 saturated heterocycles. The molecule has 11 unspecified atom stereocenters. The van der Waals surface area contributed by atoms with Crippen LogP contribution in [0.25, 0.3) is 0 Å². The van der Waals surface area contributed by atoms with Gasteiger partial charge in [-0.25, -0.2) is 4.79 Å². The van der Waals surface area contributed by atoms with Gasteiger partial charge in [-0.1, -0.05) is 143 Å². The summed E-state index contributed by atoms with van der Waals surface area (Å²) in [4.78, 5) is 140. The van der Waals surface area contributed by atoms with Crippen LogP contribution in [0.4, 0.5) is 0 Å². The van der Waals surface area contributed by atoms with Crippen LogP contribution in [0.5, 0.6) is 0 Å². The first-order valence-electron chi connectivity index (χ1n) is 27.9. The Hall–Kier alpha value is -6.59. The number of benzene rings is 2. The molecule has 18 nitrogen and oxygen atoms in total. The van der Waals surface area contributed by atoms with Crippen molar-refractivity contribution in [2.75, 3.05) is 34.7 Å². The molecule has 0 saturated carbocycles. The largest absolute Gasteiger partial charge is 0.450 e. The molecule has 2 heterocycles. The molecule has 0 bridgehead atoms. The Bertz CT molecular complexity index is 2430. The zero-order valence-electron chi connectivity index (χ0n) is 49.0. The van der Waals surface area contributed by atoms with Gasteiger partial charge in [-0.2, -0.15) is 0 Å². The highest BCUT2D eigenvalue weighted by Crippen LogP contribution is 2.26. The number of rotatable bonds is 13. The van der Waals surface area contributed by atoms with E-state index in [9.17, 15) is 33.6 Å². The fourth-order valence-electron chi connectivity index (χ4n) is 10.7. The lowest BCUT2D eigenvalue weighted by Gasteiger charge is -2.37. The SMILES string of the molecule is C=C(C)C1C(=O)OC(C(C)CC)C(=O)N(C)C(C(C)C)C(=O)NC(Cc2ccccc2)C(=O)N(C)C(Cc2ccccc2)C(=O)N2CCCC2C(=O)NC(C(C)CC)C(=O)N(C)C(C(C)C)C(=O)NC(CC(C)C)C(=O)N1C. The van der Waals surface area contributed by atoms with E-state index in [0.29, 0.717) is 24.8 Å². The molecule has 18 heteroatoms. The van der Waals surface area contributed by atoms with E-state index in [0.717, 1.165) is 10.5 Å². The van der Waals surface area contributed by atoms with Crippen LogP contribution < -0.4 is 16.0 Å². The van der Waals surface area contributed by atoms with Crippen molar-refractivity contribution in [3.05, 3.63) is 83.9 Å². The first-order valence-corrected chi connectivity index (χ1v) is 27.9. The molecule has 0 spiro atoms. The minimum Gasteiger partial charge on any atom is -0.450 e. The van der Waals surface area contributed by atoms with Crippen LogP contribution in [-0.4, -0.2) is 167 Å². The molecular formula is C60H90N8O10. The van der Waals surface area contributed by atoms with Gasteiger partial charge in [-0.15, -0.1) is 0 Å². The Morgan fingerprint density at radius 1 is 0.590 bits per heavy atom. The third-order valence-electron chi connectivity index (χ3n) is 15.6. The number of fused-ring (bicyclic) bond motifs is 1. The van der Waals surface area contributed by atoms with Crippen LogP contribution in [-0.2, 0) is 60.7 Å². The molecule has 8 amide bonds. The number of carbonyl (C=O) groups excluding carboxylic acids is 9. The average Bonchev–Trinajstić information content (AvgIpc) is 3.96. The summed E-state index contributed by atoms with van der Waals surface area (Å²) in [5.74, 6) is -7.99. The summed E-state index contributed by atoms with van der Waals surface area (Å²) in [6.07, 6.45) is 0.359. The molecule has 2 aromatic rings. The fraction of sp³-hybridized carbons (Fsp3) is 0.617. The lowest BCUT2D eigenvalue weighted by atomic mass is 9.94. The molecule has 2 fully saturated rings. The van der Waals surface area contributed by atoms with E-state index >= 15 is 9.59 Å². The van der Waals surface area contributed by atoms with Crippen molar-refractivity contribution < 1.29 is 47.9 Å². The van der Waals surface area contributed by atoms with E-state index in [-0.39, 0.29) is 43.7 Å². The lowest BCUT2D eigenvalue weighted by molar-refractivity contribution is -0.169. The standard InChI is InChI=1S/C60H90N8O10/c1-17-39(11)47-58(75)65(14)48(36(5)6)53(70)61-43(32-35(3)4)56(73)67(16)50(38(9)10)60(77)78-51(40(12)18-2)59(76)66(15)49(37(7)8)54(71)62-44(33-41-26-21-19-22-27-41)55(72)64(13)46(34-42-28-23-20-24-29-42)57(74)68-31-25-30-45(68)52(69)63-47/h19-24,26-29,35-37,39-40,43-51H,9,17-18,25,30-34H2,1-8,10-16H3,(H,61,70)(H,62,71)(H,63,69). The van der Waals surface area contributed by atoms with E-state index in [2.05, 4.69) is 22.5 Å². The Morgan fingerprint density at radius 2 is 1.08 bits per heavy atom. The van der Waals surface area contributed by atoms with Gasteiger partial charge in [-0.3, -0.25) is 38.4 Å². The number of ether oxygens (including phenoxy) is 1. The molecule has 0 radical (unpaired) electrons. The third-order valence-corrected chi connectivity index (χ3v) is 15.6. The second kappa shape index (κ2) is 28.9. The van der Waals surface area contributed by atoms with Crippen LogP contribution >= 0.6 is 0 Å². The molecule has 3 N–H and O–H groups in total. The quantitative estimate of drug-likeness (QED) is 0.177. The lowest BCUT2D eigenvalue weighted by Crippen LogP contribution is -2.62. The summed E-state index contributed by atoms with van der Waals surface area (Å²) in [5.41, 5.74) is 1.66. The first kappa shape index (κ1) is 63.9. The zero-order chi connectivity index (χ0) is 58.5. The van der Waals surface area contributed by atoms with Crippen molar-refractivity contribution in [3.8, 4) is 0 Å². The van der Waals surface area contributed by atoms with Gasteiger partial charge in [0.1, 0.15) is 42.3 Å². The van der Waals surface area contributed by atoms with Crippen LogP contribution in [0.15, 0.2) is 72.8 Å². The van der Waals surface area contributed by atoms with Crippen molar-refractivity contribution in [1.29, 1.82) is 0 Å². The van der Waals surface area contributed by atoms with Crippen molar-refractivity contribution in [2.45, 2.75) is 176 Å². The molecule has 2 aliphatic rings. The Balaban J connectivity index is 1.96.